The van der Waals surface area contributed by atoms with Crippen LogP contribution >= 0.6 is 0 Å². The van der Waals surface area contributed by atoms with E-state index in [2.05, 4.69) is 5.32 Å². The molecule has 0 aromatic rings. The van der Waals surface area contributed by atoms with Crippen LogP contribution in [0.15, 0.2) is 0 Å². The van der Waals surface area contributed by atoms with Gasteiger partial charge in [0.2, 0.25) is 0 Å². The summed E-state index contributed by atoms with van der Waals surface area (Å²) >= 11 is 0. The van der Waals surface area contributed by atoms with E-state index in [0.29, 0.717) is 0 Å². The average molecular weight is 209 g/mol. The first-order chi connectivity index (χ1) is 6.61. The van der Waals surface area contributed by atoms with Crippen LogP contribution in [0.1, 0.15) is 0 Å². The second-order valence-electron chi connectivity index (χ2n) is 3.12. The Labute approximate surface area is 80.6 Å². The highest BCUT2D eigenvalue weighted by Crippen LogP contribution is 2.19. The number of aliphatic hydroxyl groups is 5. The molecule has 1 unspecified atom stereocenters. The number of nitrogens with one attached hydrogen (secondary N) is 1. The highest BCUT2D eigenvalue weighted by Gasteiger charge is 2.43. The van der Waals surface area contributed by atoms with Crippen molar-refractivity contribution in [3.63, 3.8) is 0 Å². The summed E-state index contributed by atoms with van der Waals surface area (Å²) in [6.45, 7) is -0.959. The first kappa shape index (κ1) is 11.8. The minimum Gasteiger partial charge on any atom is -0.394 e. The van der Waals surface area contributed by atoms with Gasteiger partial charge in [-0.1, -0.05) is 0 Å². The number of rotatable bonds is 3. The fraction of sp³-hybridized carbons (Fsp3) is 1.00. The Hall–Kier alpha value is -0.280. The highest BCUT2D eigenvalue weighted by molar-refractivity contribution is 4.92. The number of hydrogen-bond donors (Lipinski definition) is 6. The quantitative estimate of drug-likeness (QED) is 0.265. The van der Waals surface area contributed by atoms with E-state index < -0.39 is 44.0 Å². The van der Waals surface area contributed by atoms with Crippen molar-refractivity contribution < 1.29 is 30.3 Å². The molecule has 1 rings (SSSR count). The van der Waals surface area contributed by atoms with Gasteiger partial charge in [0.25, 0.3) is 0 Å². The second kappa shape index (κ2) is 4.99. The van der Waals surface area contributed by atoms with E-state index in [1.807, 2.05) is 0 Å². The number of ether oxygens (including phenoxy) is 1. The molecule has 5 atom stereocenters. The van der Waals surface area contributed by atoms with Crippen LogP contribution in [-0.4, -0.2) is 69.5 Å². The van der Waals surface area contributed by atoms with Crippen molar-refractivity contribution in [3.8, 4) is 0 Å². The maximum atomic E-state index is 9.47. The first-order valence-electron chi connectivity index (χ1n) is 4.26. The van der Waals surface area contributed by atoms with E-state index in [1.54, 1.807) is 0 Å². The fourth-order valence-corrected chi connectivity index (χ4v) is 1.42. The van der Waals surface area contributed by atoms with Gasteiger partial charge < -0.3 is 30.3 Å². The van der Waals surface area contributed by atoms with Crippen molar-refractivity contribution in [2.75, 3.05) is 13.3 Å². The Morgan fingerprint density at radius 1 is 1.07 bits per heavy atom. The van der Waals surface area contributed by atoms with Gasteiger partial charge in [0.05, 0.1) is 19.4 Å². The fourth-order valence-electron chi connectivity index (χ4n) is 1.42. The Balaban J connectivity index is 2.63. The maximum absolute atomic E-state index is 9.47. The summed E-state index contributed by atoms with van der Waals surface area (Å²) in [5, 5.41) is 47.8. The molecule has 0 aromatic carbocycles. The lowest BCUT2D eigenvalue weighted by Crippen LogP contribution is -2.63. The molecule has 0 amide bonds. The minimum atomic E-state index is -1.38. The summed E-state index contributed by atoms with van der Waals surface area (Å²) in [7, 11) is 0. The summed E-state index contributed by atoms with van der Waals surface area (Å²) in [6.07, 6.45) is -5.00. The van der Waals surface area contributed by atoms with Crippen molar-refractivity contribution in [1.29, 1.82) is 0 Å². The van der Waals surface area contributed by atoms with E-state index in [9.17, 15) is 15.3 Å². The monoisotopic (exact) mass is 209 g/mol. The molecule has 1 aliphatic heterocycles. The average Bonchev–Trinajstić information content (AvgIpc) is 2.18. The topological polar surface area (TPSA) is 122 Å². The lowest BCUT2D eigenvalue weighted by atomic mass is 9.97. The Bertz CT molecular complexity index is 180. The standard InChI is InChI=1S/C7H15NO6/c9-1-3-5(11)6(12)4(8-2-10)7(13)14-3/h3-13H,1-2H2/t3-,4-,5-,6-,7?/m1/s1. The molecule has 1 fully saturated rings. The third kappa shape index (κ3) is 2.20. The lowest BCUT2D eigenvalue weighted by molar-refractivity contribution is -0.255. The number of aliphatic hydroxyl groups excluding tert-OH is 5. The zero-order valence-electron chi connectivity index (χ0n) is 7.45. The van der Waals surface area contributed by atoms with E-state index in [1.165, 1.54) is 0 Å². The summed E-state index contributed by atoms with van der Waals surface area (Å²) in [6, 6.07) is -0.974. The molecule has 0 aromatic heterocycles. The van der Waals surface area contributed by atoms with Crippen LogP contribution in [-0.2, 0) is 4.74 Å². The summed E-state index contributed by atoms with van der Waals surface area (Å²) in [4.78, 5) is 0. The maximum Gasteiger partial charge on any atom is 0.173 e. The van der Waals surface area contributed by atoms with Crippen LogP contribution in [0.2, 0.25) is 0 Å². The molecule has 7 nitrogen and oxygen atoms in total. The van der Waals surface area contributed by atoms with E-state index >= 15 is 0 Å². The van der Waals surface area contributed by atoms with Gasteiger partial charge in [-0.15, -0.1) is 0 Å². The lowest BCUT2D eigenvalue weighted by Gasteiger charge is -2.40. The van der Waals surface area contributed by atoms with Gasteiger partial charge in [-0.25, -0.2) is 0 Å². The van der Waals surface area contributed by atoms with Gasteiger partial charge in [-0.2, -0.15) is 0 Å². The Morgan fingerprint density at radius 3 is 2.21 bits per heavy atom. The molecule has 6 N–H and O–H groups in total. The summed E-state index contributed by atoms with van der Waals surface area (Å²) in [5.41, 5.74) is 0. The molecule has 0 radical (unpaired) electrons. The third-order valence-electron chi connectivity index (χ3n) is 2.23. The SMILES string of the molecule is OCN[C@H]1C(O)O[C@H](CO)[C@@H](O)[C@@H]1O. The van der Waals surface area contributed by atoms with Crippen LogP contribution < -0.4 is 5.32 Å². The molecule has 0 saturated carbocycles. The molecule has 0 aliphatic carbocycles. The van der Waals surface area contributed by atoms with Crippen molar-refractivity contribution >= 4 is 0 Å². The van der Waals surface area contributed by atoms with Crippen LogP contribution in [0.4, 0.5) is 0 Å². The van der Waals surface area contributed by atoms with E-state index in [4.69, 9.17) is 14.9 Å². The van der Waals surface area contributed by atoms with E-state index in [-0.39, 0.29) is 0 Å². The summed E-state index contributed by atoms with van der Waals surface area (Å²) < 4.78 is 4.81. The molecular formula is C7H15NO6. The molecule has 0 bridgehead atoms. The Morgan fingerprint density at radius 2 is 1.71 bits per heavy atom. The van der Waals surface area contributed by atoms with Crippen molar-refractivity contribution in [2.24, 2.45) is 0 Å². The van der Waals surface area contributed by atoms with Crippen LogP contribution in [0.3, 0.4) is 0 Å². The molecule has 1 saturated heterocycles. The van der Waals surface area contributed by atoms with Gasteiger partial charge >= 0.3 is 0 Å². The van der Waals surface area contributed by atoms with Crippen molar-refractivity contribution in [2.45, 2.75) is 30.6 Å². The molecule has 1 heterocycles. The number of hydrogen-bond acceptors (Lipinski definition) is 7. The smallest absolute Gasteiger partial charge is 0.173 e. The largest absolute Gasteiger partial charge is 0.394 e. The molecule has 1 aliphatic rings. The zero-order chi connectivity index (χ0) is 10.7. The third-order valence-corrected chi connectivity index (χ3v) is 2.23. The predicted molar refractivity (Wildman–Crippen MR) is 44.0 cm³/mol. The van der Waals surface area contributed by atoms with Crippen LogP contribution in [0, 0.1) is 0 Å². The molecule has 7 heteroatoms. The molecule has 84 valence electrons. The Kier molecular flexibility index (Phi) is 4.20. The highest BCUT2D eigenvalue weighted by atomic mass is 16.6. The minimum absolute atomic E-state index is 0.460. The van der Waals surface area contributed by atoms with Gasteiger partial charge in [0.15, 0.2) is 6.29 Å². The van der Waals surface area contributed by atoms with Crippen molar-refractivity contribution in [1.82, 2.24) is 5.32 Å². The normalized spacial score (nSPS) is 43.9. The van der Waals surface area contributed by atoms with Crippen LogP contribution in [0.25, 0.3) is 0 Å². The second-order valence-corrected chi connectivity index (χ2v) is 3.12. The first-order valence-corrected chi connectivity index (χ1v) is 4.26. The van der Waals surface area contributed by atoms with E-state index in [0.717, 1.165) is 0 Å². The van der Waals surface area contributed by atoms with Crippen LogP contribution in [0.5, 0.6) is 0 Å². The van der Waals surface area contributed by atoms with Crippen molar-refractivity contribution in [3.05, 3.63) is 0 Å². The molecule has 0 spiro atoms. The van der Waals surface area contributed by atoms with Gasteiger partial charge in [0.1, 0.15) is 18.3 Å². The van der Waals surface area contributed by atoms with Gasteiger partial charge in [-0.3, -0.25) is 5.32 Å². The summed E-state index contributed by atoms with van der Waals surface area (Å²) in [5.74, 6) is 0. The molecular weight excluding hydrogens is 194 g/mol. The molecule has 14 heavy (non-hydrogen) atoms. The van der Waals surface area contributed by atoms with Gasteiger partial charge in [0, 0.05) is 0 Å². The van der Waals surface area contributed by atoms with Gasteiger partial charge in [-0.05, 0) is 0 Å². The zero-order valence-corrected chi connectivity index (χ0v) is 7.45. The predicted octanol–water partition coefficient (Wildman–Crippen LogP) is -3.67.